The minimum absolute atomic E-state index is 0.503. The summed E-state index contributed by atoms with van der Waals surface area (Å²) in [6, 6.07) is 11.6. The van der Waals surface area contributed by atoms with Crippen LogP contribution in [0.3, 0.4) is 0 Å². The number of nitriles is 1. The van der Waals surface area contributed by atoms with Crippen LogP contribution in [0.4, 0.5) is 5.82 Å². The Hall–Kier alpha value is -2.35. The summed E-state index contributed by atoms with van der Waals surface area (Å²) in [6.45, 7) is 3.39. The second-order valence-electron chi connectivity index (χ2n) is 4.30. The zero-order valence-electron chi connectivity index (χ0n) is 9.75. The lowest BCUT2D eigenvalue weighted by atomic mass is 10.1. The normalized spacial score (nSPS) is 12.1. The lowest BCUT2D eigenvalue weighted by Gasteiger charge is -2.06. The number of rotatable bonds is 2. The molecule has 0 fully saturated rings. The molecular weight excluding hydrogens is 214 g/mol. The standard InChI is InChI=1S/C12H13N5/c1-12(2,8-13)15-16-17-10-6-4-3-5-9(10)7-11(17)14/h3-7H,14H2,1-2H3. The maximum atomic E-state index is 8.86. The second-order valence-corrected chi connectivity index (χ2v) is 4.30. The van der Waals surface area contributed by atoms with Crippen molar-refractivity contribution in [3.63, 3.8) is 0 Å². The molecule has 17 heavy (non-hydrogen) atoms. The second kappa shape index (κ2) is 3.91. The van der Waals surface area contributed by atoms with Gasteiger partial charge in [0.05, 0.1) is 11.6 Å². The Kier molecular flexibility index (Phi) is 2.56. The fraction of sp³-hybridized carbons (Fsp3) is 0.250. The Balaban J connectivity index is 2.50. The highest BCUT2D eigenvalue weighted by atomic mass is 15.5. The molecule has 0 spiro atoms. The molecule has 2 N–H and O–H groups in total. The quantitative estimate of drug-likeness (QED) is 0.800. The summed E-state index contributed by atoms with van der Waals surface area (Å²) >= 11 is 0. The number of anilines is 1. The third kappa shape index (κ3) is 2.11. The van der Waals surface area contributed by atoms with Crippen molar-refractivity contribution in [1.29, 1.82) is 5.26 Å². The molecule has 1 aromatic heterocycles. The van der Waals surface area contributed by atoms with Crippen molar-refractivity contribution in [1.82, 2.24) is 4.68 Å². The molecule has 0 radical (unpaired) electrons. The monoisotopic (exact) mass is 227 g/mol. The lowest BCUT2D eigenvalue weighted by molar-refractivity contribution is 0.596. The number of aromatic nitrogens is 1. The summed E-state index contributed by atoms with van der Waals surface area (Å²) in [7, 11) is 0. The average molecular weight is 227 g/mol. The Labute approximate surface area is 99.1 Å². The van der Waals surface area contributed by atoms with Gasteiger partial charge in [-0.15, -0.1) is 5.11 Å². The predicted molar refractivity (Wildman–Crippen MR) is 66.3 cm³/mol. The molecule has 5 nitrogen and oxygen atoms in total. The summed E-state index contributed by atoms with van der Waals surface area (Å²) in [5, 5.41) is 17.9. The van der Waals surface area contributed by atoms with Crippen molar-refractivity contribution < 1.29 is 0 Å². The molecule has 0 amide bonds. The first-order valence-electron chi connectivity index (χ1n) is 5.24. The SMILES string of the molecule is CC(C)(C#N)N=Nn1c(N)cc2ccccc21. The predicted octanol–water partition coefficient (Wildman–Crippen LogP) is 2.74. The molecule has 2 rings (SSSR count). The molecule has 1 aromatic carbocycles. The molecule has 0 aliphatic carbocycles. The highest BCUT2D eigenvalue weighted by Crippen LogP contribution is 2.22. The molecule has 5 heteroatoms. The van der Waals surface area contributed by atoms with E-state index in [0.717, 1.165) is 10.9 Å². The molecular formula is C12H13N5. The third-order valence-electron chi connectivity index (χ3n) is 2.37. The van der Waals surface area contributed by atoms with Gasteiger partial charge < -0.3 is 5.73 Å². The number of fused-ring (bicyclic) bond motifs is 1. The number of nitrogens with two attached hydrogens (primary N) is 1. The number of benzene rings is 1. The summed E-state index contributed by atoms with van der Waals surface area (Å²) in [4.78, 5) is 0. The lowest BCUT2D eigenvalue weighted by Crippen LogP contribution is -2.12. The van der Waals surface area contributed by atoms with E-state index in [2.05, 4.69) is 16.4 Å². The smallest absolute Gasteiger partial charge is 0.164 e. The number of nitrogen functional groups attached to an aromatic ring is 1. The van der Waals surface area contributed by atoms with Crippen LogP contribution in [0, 0.1) is 11.3 Å². The first-order chi connectivity index (χ1) is 8.03. The molecule has 86 valence electrons. The maximum Gasteiger partial charge on any atom is 0.164 e. The minimum Gasteiger partial charge on any atom is -0.384 e. The van der Waals surface area contributed by atoms with E-state index in [-0.39, 0.29) is 0 Å². The number of hydrogen-bond donors (Lipinski definition) is 1. The van der Waals surface area contributed by atoms with Crippen molar-refractivity contribution in [3.05, 3.63) is 30.3 Å². The van der Waals surface area contributed by atoms with Gasteiger partial charge >= 0.3 is 0 Å². The van der Waals surface area contributed by atoms with Gasteiger partial charge in [0.25, 0.3) is 0 Å². The Bertz CT molecular complexity index is 615. The van der Waals surface area contributed by atoms with Gasteiger partial charge in [0, 0.05) is 5.39 Å². The molecule has 2 aromatic rings. The molecule has 0 aliphatic heterocycles. The molecule has 0 saturated carbocycles. The van der Waals surface area contributed by atoms with E-state index < -0.39 is 5.54 Å². The highest BCUT2D eigenvalue weighted by molar-refractivity contribution is 5.84. The summed E-state index contributed by atoms with van der Waals surface area (Å²) in [5.41, 5.74) is 5.88. The van der Waals surface area contributed by atoms with E-state index in [4.69, 9.17) is 11.0 Å². The van der Waals surface area contributed by atoms with Gasteiger partial charge in [0.15, 0.2) is 5.54 Å². The first-order valence-corrected chi connectivity index (χ1v) is 5.24. The Morgan fingerprint density at radius 2 is 2.06 bits per heavy atom. The number of nitrogens with zero attached hydrogens (tertiary/aromatic N) is 4. The van der Waals surface area contributed by atoms with Crippen LogP contribution >= 0.6 is 0 Å². The van der Waals surface area contributed by atoms with Crippen molar-refractivity contribution in [2.45, 2.75) is 19.4 Å². The van der Waals surface area contributed by atoms with Gasteiger partial charge in [-0.2, -0.15) is 9.94 Å². The first kappa shape index (κ1) is 11.1. The topological polar surface area (TPSA) is 79.5 Å². The fourth-order valence-corrected chi connectivity index (χ4v) is 1.44. The van der Waals surface area contributed by atoms with E-state index in [9.17, 15) is 0 Å². The average Bonchev–Trinajstić information content (AvgIpc) is 2.62. The van der Waals surface area contributed by atoms with Crippen LogP contribution in [0.1, 0.15) is 13.8 Å². The molecule has 0 saturated heterocycles. The number of hydrogen-bond acceptors (Lipinski definition) is 4. The van der Waals surface area contributed by atoms with Gasteiger partial charge in [0.2, 0.25) is 0 Å². The fourth-order valence-electron chi connectivity index (χ4n) is 1.44. The van der Waals surface area contributed by atoms with Crippen molar-refractivity contribution >= 4 is 16.7 Å². The van der Waals surface area contributed by atoms with Crippen LogP contribution in [-0.2, 0) is 0 Å². The summed E-state index contributed by atoms with van der Waals surface area (Å²) < 4.78 is 1.54. The van der Waals surface area contributed by atoms with Gasteiger partial charge in [0.1, 0.15) is 5.82 Å². The minimum atomic E-state index is -0.849. The zero-order chi connectivity index (χ0) is 12.5. The van der Waals surface area contributed by atoms with Crippen LogP contribution in [0.5, 0.6) is 0 Å². The largest absolute Gasteiger partial charge is 0.384 e. The molecule has 0 bridgehead atoms. The third-order valence-corrected chi connectivity index (χ3v) is 2.37. The van der Waals surface area contributed by atoms with E-state index in [1.165, 1.54) is 4.68 Å². The van der Waals surface area contributed by atoms with Crippen LogP contribution < -0.4 is 5.73 Å². The van der Waals surface area contributed by atoms with E-state index in [1.54, 1.807) is 13.8 Å². The molecule has 0 atom stereocenters. The van der Waals surface area contributed by atoms with Crippen LogP contribution in [-0.4, -0.2) is 10.2 Å². The summed E-state index contributed by atoms with van der Waals surface area (Å²) in [6.07, 6.45) is 0. The van der Waals surface area contributed by atoms with Crippen LogP contribution in [0.25, 0.3) is 10.9 Å². The van der Waals surface area contributed by atoms with Gasteiger partial charge in [-0.05, 0) is 26.0 Å². The van der Waals surface area contributed by atoms with Crippen molar-refractivity contribution in [2.24, 2.45) is 10.3 Å². The Morgan fingerprint density at radius 1 is 1.35 bits per heavy atom. The Morgan fingerprint density at radius 3 is 2.76 bits per heavy atom. The van der Waals surface area contributed by atoms with Gasteiger partial charge in [-0.25, -0.2) is 0 Å². The zero-order valence-corrected chi connectivity index (χ0v) is 9.75. The molecule has 0 unspecified atom stereocenters. The van der Waals surface area contributed by atoms with E-state index in [0.29, 0.717) is 5.82 Å². The van der Waals surface area contributed by atoms with E-state index >= 15 is 0 Å². The van der Waals surface area contributed by atoms with Crippen LogP contribution in [0.2, 0.25) is 0 Å². The van der Waals surface area contributed by atoms with Crippen LogP contribution in [0.15, 0.2) is 40.7 Å². The molecule has 0 aliphatic rings. The van der Waals surface area contributed by atoms with Crippen molar-refractivity contribution in [2.75, 3.05) is 5.73 Å². The highest BCUT2D eigenvalue weighted by Gasteiger charge is 2.15. The van der Waals surface area contributed by atoms with Gasteiger partial charge in [-0.3, -0.25) is 0 Å². The maximum absolute atomic E-state index is 8.86. The number of para-hydroxylation sites is 1. The van der Waals surface area contributed by atoms with E-state index in [1.807, 2.05) is 30.3 Å². The van der Waals surface area contributed by atoms with Gasteiger partial charge in [-0.1, -0.05) is 23.4 Å². The summed E-state index contributed by atoms with van der Waals surface area (Å²) in [5.74, 6) is 0.503. The van der Waals surface area contributed by atoms with Crippen molar-refractivity contribution in [3.8, 4) is 6.07 Å². The molecule has 1 heterocycles.